The molecule has 0 heterocycles. The molecular formula is C14H19FO6. The van der Waals surface area contributed by atoms with Crippen LogP contribution in [0.1, 0.15) is 10.4 Å². The van der Waals surface area contributed by atoms with E-state index in [2.05, 4.69) is 0 Å². The lowest BCUT2D eigenvalue weighted by molar-refractivity contribution is 0.0177. The average molecular weight is 302 g/mol. The van der Waals surface area contributed by atoms with Gasteiger partial charge in [-0.25, -0.2) is 9.18 Å². The van der Waals surface area contributed by atoms with Crippen LogP contribution in [0.15, 0.2) is 18.2 Å². The van der Waals surface area contributed by atoms with Crippen LogP contribution >= 0.6 is 0 Å². The maximum absolute atomic E-state index is 13.5. The number of aromatic carboxylic acids is 1. The molecule has 1 rings (SSSR count). The van der Waals surface area contributed by atoms with Crippen molar-refractivity contribution in [1.82, 2.24) is 0 Å². The summed E-state index contributed by atoms with van der Waals surface area (Å²) in [7, 11) is 1.60. The highest BCUT2D eigenvalue weighted by atomic mass is 19.1. The number of carboxylic acid groups (broad SMARTS) is 1. The Balaban J connectivity index is 2.14. The summed E-state index contributed by atoms with van der Waals surface area (Å²) in [5, 5.41) is 8.70. The van der Waals surface area contributed by atoms with Crippen LogP contribution in [0, 0.1) is 5.82 Å². The molecule has 0 aliphatic rings. The first-order chi connectivity index (χ1) is 10.1. The number of carbonyl (C=O) groups is 1. The van der Waals surface area contributed by atoms with E-state index < -0.39 is 11.8 Å². The molecule has 1 N–H and O–H groups in total. The minimum atomic E-state index is -1.18. The molecule has 21 heavy (non-hydrogen) atoms. The van der Waals surface area contributed by atoms with Gasteiger partial charge in [0, 0.05) is 7.11 Å². The summed E-state index contributed by atoms with van der Waals surface area (Å²) < 4.78 is 33.9. The Bertz CT molecular complexity index is 437. The zero-order chi connectivity index (χ0) is 15.5. The molecule has 0 fully saturated rings. The van der Waals surface area contributed by atoms with Gasteiger partial charge in [0.2, 0.25) is 0 Å². The van der Waals surface area contributed by atoms with Crippen molar-refractivity contribution in [2.45, 2.75) is 0 Å². The predicted molar refractivity (Wildman–Crippen MR) is 72.4 cm³/mol. The van der Waals surface area contributed by atoms with Crippen LogP contribution in [-0.2, 0) is 14.2 Å². The lowest BCUT2D eigenvalue weighted by Crippen LogP contribution is -2.12. The zero-order valence-electron chi connectivity index (χ0n) is 11.8. The maximum atomic E-state index is 13.5. The molecule has 0 unspecified atom stereocenters. The lowest BCUT2D eigenvalue weighted by atomic mass is 10.2. The fourth-order valence-corrected chi connectivity index (χ4v) is 1.43. The summed E-state index contributed by atoms with van der Waals surface area (Å²) in [6.45, 7) is 2.36. The van der Waals surface area contributed by atoms with Crippen molar-refractivity contribution in [3.8, 4) is 5.75 Å². The first kappa shape index (κ1) is 17.4. The molecule has 0 radical (unpaired) electrons. The molecule has 0 atom stereocenters. The van der Waals surface area contributed by atoms with E-state index in [9.17, 15) is 9.18 Å². The lowest BCUT2D eigenvalue weighted by Gasteiger charge is -2.08. The van der Waals surface area contributed by atoms with Gasteiger partial charge in [0.15, 0.2) is 11.6 Å². The minimum Gasteiger partial charge on any atom is -0.488 e. The predicted octanol–water partition coefficient (Wildman–Crippen LogP) is 1.58. The number of hydrogen-bond donors (Lipinski definition) is 1. The van der Waals surface area contributed by atoms with E-state index in [-0.39, 0.29) is 24.5 Å². The Labute approximate surface area is 122 Å². The number of benzene rings is 1. The van der Waals surface area contributed by atoms with E-state index in [0.29, 0.717) is 26.4 Å². The number of hydrogen-bond acceptors (Lipinski definition) is 5. The molecule has 0 saturated carbocycles. The Kier molecular flexibility index (Phi) is 8.34. The van der Waals surface area contributed by atoms with Gasteiger partial charge in [-0.15, -0.1) is 0 Å². The fraction of sp³-hybridized carbons (Fsp3) is 0.500. The van der Waals surface area contributed by atoms with Gasteiger partial charge in [0.1, 0.15) is 6.61 Å². The SMILES string of the molecule is COCCOCCOCCOc1ccc(C(=O)O)cc1F. The molecule has 0 aliphatic carbocycles. The molecule has 0 aliphatic heterocycles. The second kappa shape index (κ2) is 10.1. The molecule has 1 aromatic rings. The number of halogens is 1. The van der Waals surface area contributed by atoms with Gasteiger partial charge in [0.05, 0.1) is 38.6 Å². The van der Waals surface area contributed by atoms with Gasteiger partial charge in [-0.05, 0) is 18.2 Å². The smallest absolute Gasteiger partial charge is 0.335 e. The number of ether oxygens (including phenoxy) is 4. The van der Waals surface area contributed by atoms with Crippen molar-refractivity contribution in [2.75, 3.05) is 46.8 Å². The van der Waals surface area contributed by atoms with Crippen molar-refractivity contribution in [1.29, 1.82) is 0 Å². The van der Waals surface area contributed by atoms with E-state index >= 15 is 0 Å². The molecule has 6 nitrogen and oxygen atoms in total. The van der Waals surface area contributed by atoms with Gasteiger partial charge < -0.3 is 24.1 Å². The van der Waals surface area contributed by atoms with Gasteiger partial charge in [-0.1, -0.05) is 0 Å². The van der Waals surface area contributed by atoms with E-state index in [4.69, 9.17) is 24.1 Å². The highest BCUT2D eigenvalue weighted by Gasteiger charge is 2.08. The molecule has 7 heteroatoms. The van der Waals surface area contributed by atoms with Crippen LogP contribution in [-0.4, -0.2) is 57.8 Å². The molecule has 0 aromatic heterocycles. The fourth-order valence-electron chi connectivity index (χ4n) is 1.43. The summed E-state index contributed by atoms with van der Waals surface area (Å²) in [5.74, 6) is -1.89. The molecule has 1 aromatic carbocycles. The summed E-state index contributed by atoms with van der Waals surface area (Å²) in [6.07, 6.45) is 0. The largest absolute Gasteiger partial charge is 0.488 e. The Morgan fingerprint density at radius 2 is 1.71 bits per heavy atom. The van der Waals surface area contributed by atoms with Crippen LogP contribution in [0.2, 0.25) is 0 Å². The van der Waals surface area contributed by atoms with Crippen LogP contribution in [0.25, 0.3) is 0 Å². The topological polar surface area (TPSA) is 74.2 Å². The van der Waals surface area contributed by atoms with Gasteiger partial charge in [-0.3, -0.25) is 0 Å². The van der Waals surface area contributed by atoms with Crippen molar-refractivity contribution in [2.24, 2.45) is 0 Å². The molecule has 0 amide bonds. The third-order valence-corrected chi connectivity index (χ3v) is 2.47. The van der Waals surface area contributed by atoms with Gasteiger partial charge >= 0.3 is 5.97 Å². The quantitative estimate of drug-likeness (QED) is 0.626. The zero-order valence-corrected chi connectivity index (χ0v) is 11.8. The Morgan fingerprint density at radius 1 is 1.10 bits per heavy atom. The second-order valence-electron chi connectivity index (χ2n) is 4.02. The monoisotopic (exact) mass is 302 g/mol. The van der Waals surface area contributed by atoms with Crippen molar-refractivity contribution in [3.05, 3.63) is 29.6 Å². The highest BCUT2D eigenvalue weighted by molar-refractivity contribution is 5.87. The van der Waals surface area contributed by atoms with E-state index in [0.717, 1.165) is 6.07 Å². The highest BCUT2D eigenvalue weighted by Crippen LogP contribution is 2.18. The number of rotatable bonds is 11. The number of methoxy groups -OCH3 is 1. The summed E-state index contributed by atoms with van der Waals surface area (Å²) >= 11 is 0. The van der Waals surface area contributed by atoms with Crippen molar-refractivity contribution < 1.29 is 33.2 Å². The van der Waals surface area contributed by atoms with E-state index in [1.54, 1.807) is 7.11 Å². The molecule has 118 valence electrons. The standard InChI is InChI=1S/C14H19FO6/c1-18-4-5-19-6-7-20-8-9-21-13-3-2-11(14(16)17)10-12(13)15/h2-3,10H,4-9H2,1H3,(H,16,17). The molecule has 0 bridgehead atoms. The third kappa shape index (κ3) is 7.03. The Morgan fingerprint density at radius 3 is 2.29 bits per heavy atom. The van der Waals surface area contributed by atoms with Crippen LogP contribution < -0.4 is 4.74 Å². The van der Waals surface area contributed by atoms with Crippen LogP contribution in [0.4, 0.5) is 4.39 Å². The summed E-state index contributed by atoms with van der Waals surface area (Å²) in [5.41, 5.74) is -0.121. The minimum absolute atomic E-state index is 0.0000513. The van der Waals surface area contributed by atoms with E-state index in [1.165, 1.54) is 12.1 Å². The molecule has 0 saturated heterocycles. The maximum Gasteiger partial charge on any atom is 0.335 e. The summed E-state index contributed by atoms with van der Waals surface area (Å²) in [6, 6.07) is 3.49. The normalized spacial score (nSPS) is 10.6. The molecular weight excluding hydrogens is 283 g/mol. The first-order valence-corrected chi connectivity index (χ1v) is 6.45. The van der Waals surface area contributed by atoms with Gasteiger partial charge in [0.25, 0.3) is 0 Å². The van der Waals surface area contributed by atoms with Gasteiger partial charge in [-0.2, -0.15) is 0 Å². The third-order valence-electron chi connectivity index (χ3n) is 2.47. The summed E-state index contributed by atoms with van der Waals surface area (Å²) in [4.78, 5) is 10.6. The average Bonchev–Trinajstić information content (AvgIpc) is 2.46. The van der Waals surface area contributed by atoms with Crippen molar-refractivity contribution >= 4 is 5.97 Å². The van der Waals surface area contributed by atoms with Crippen LogP contribution in [0.5, 0.6) is 5.75 Å². The van der Waals surface area contributed by atoms with Crippen LogP contribution in [0.3, 0.4) is 0 Å². The first-order valence-electron chi connectivity index (χ1n) is 6.45. The van der Waals surface area contributed by atoms with Crippen molar-refractivity contribution in [3.63, 3.8) is 0 Å². The molecule has 0 spiro atoms. The van der Waals surface area contributed by atoms with E-state index in [1.807, 2.05) is 0 Å². The second-order valence-corrected chi connectivity index (χ2v) is 4.02. The Hall–Kier alpha value is -1.70. The number of carboxylic acids is 1.